The predicted molar refractivity (Wildman–Crippen MR) is 115 cm³/mol. The molecule has 0 unspecified atom stereocenters. The summed E-state index contributed by atoms with van der Waals surface area (Å²) in [6, 6.07) is 22.6. The number of anilines is 2. The number of rotatable bonds is 4. The monoisotopic (exact) mass is 389 g/mol. The number of carbonyl (C=O) groups is 1. The predicted octanol–water partition coefficient (Wildman–Crippen LogP) is 5.97. The summed E-state index contributed by atoms with van der Waals surface area (Å²) >= 11 is 1.65. The number of methoxy groups -OCH3 is 1. The molecule has 0 aliphatic heterocycles. The van der Waals surface area contributed by atoms with Crippen LogP contribution in [-0.2, 0) is 4.79 Å². The normalized spacial score (nSPS) is 10.8. The lowest BCUT2D eigenvalue weighted by Crippen LogP contribution is -2.22. The van der Waals surface area contributed by atoms with Gasteiger partial charge in [0.2, 0.25) is 5.91 Å². The summed E-state index contributed by atoms with van der Waals surface area (Å²) in [4.78, 5) is 15.4. The molecule has 140 valence electrons. The SMILES string of the molecule is COc1ccc(-c2sc3ccccc3c2N(C(C)=O)c2ccc(O)cc2)cc1. The number of hydrogen-bond donors (Lipinski definition) is 1. The van der Waals surface area contributed by atoms with Gasteiger partial charge < -0.3 is 9.84 Å². The van der Waals surface area contributed by atoms with E-state index in [0.29, 0.717) is 5.69 Å². The molecule has 0 fully saturated rings. The van der Waals surface area contributed by atoms with Gasteiger partial charge in [0.05, 0.1) is 17.7 Å². The minimum Gasteiger partial charge on any atom is -0.508 e. The second-order valence-corrected chi connectivity index (χ2v) is 7.43. The second kappa shape index (κ2) is 7.37. The molecule has 0 aliphatic carbocycles. The van der Waals surface area contributed by atoms with E-state index in [1.807, 2.05) is 42.5 Å². The number of phenolic OH excluding ortho intramolecular Hbond substituents is 1. The Morgan fingerprint density at radius 3 is 2.29 bits per heavy atom. The minimum absolute atomic E-state index is 0.0935. The average molecular weight is 389 g/mol. The summed E-state index contributed by atoms with van der Waals surface area (Å²) in [5.41, 5.74) is 2.58. The lowest BCUT2D eigenvalue weighted by Gasteiger charge is -2.23. The van der Waals surface area contributed by atoms with Gasteiger partial charge in [-0.15, -0.1) is 11.3 Å². The smallest absolute Gasteiger partial charge is 0.228 e. The van der Waals surface area contributed by atoms with Crippen LogP contribution in [0.25, 0.3) is 20.5 Å². The van der Waals surface area contributed by atoms with Crippen LogP contribution in [0.5, 0.6) is 11.5 Å². The van der Waals surface area contributed by atoms with Crippen LogP contribution < -0.4 is 9.64 Å². The van der Waals surface area contributed by atoms with E-state index in [2.05, 4.69) is 6.07 Å². The van der Waals surface area contributed by atoms with Crippen molar-refractivity contribution < 1.29 is 14.6 Å². The maximum absolute atomic E-state index is 12.7. The molecule has 0 spiro atoms. The number of ether oxygens (including phenoxy) is 1. The van der Waals surface area contributed by atoms with E-state index in [-0.39, 0.29) is 11.7 Å². The van der Waals surface area contributed by atoms with Gasteiger partial charge in [0.25, 0.3) is 0 Å². The summed E-state index contributed by atoms with van der Waals surface area (Å²) in [6.07, 6.45) is 0. The third-order valence-corrected chi connectivity index (χ3v) is 5.78. The second-order valence-electron chi connectivity index (χ2n) is 6.38. The number of thiophene rings is 1. The number of phenols is 1. The van der Waals surface area contributed by atoms with E-state index in [9.17, 15) is 9.90 Å². The zero-order valence-corrected chi connectivity index (χ0v) is 16.4. The van der Waals surface area contributed by atoms with Crippen molar-refractivity contribution in [2.45, 2.75) is 6.92 Å². The van der Waals surface area contributed by atoms with Crippen LogP contribution in [0.15, 0.2) is 72.8 Å². The van der Waals surface area contributed by atoms with Crippen molar-refractivity contribution in [2.75, 3.05) is 12.0 Å². The van der Waals surface area contributed by atoms with E-state index in [0.717, 1.165) is 32.0 Å². The fraction of sp³-hybridized carbons (Fsp3) is 0.0870. The first-order valence-corrected chi connectivity index (χ1v) is 9.66. The summed E-state index contributed by atoms with van der Waals surface area (Å²) < 4.78 is 6.38. The third-order valence-electron chi connectivity index (χ3n) is 4.57. The number of hydrogen-bond acceptors (Lipinski definition) is 4. The number of fused-ring (bicyclic) bond motifs is 1. The molecule has 1 aromatic heterocycles. The molecular weight excluding hydrogens is 370 g/mol. The van der Waals surface area contributed by atoms with Crippen molar-refractivity contribution >= 4 is 38.7 Å². The first kappa shape index (κ1) is 18.1. The van der Waals surface area contributed by atoms with E-state index in [4.69, 9.17) is 4.74 Å². The highest BCUT2D eigenvalue weighted by Gasteiger charge is 2.23. The maximum atomic E-state index is 12.7. The fourth-order valence-corrected chi connectivity index (χ4v) is 4.46. The van der Waals surface area contributed by atoms with Gasteiger partial charge in [0.15, 0.2) is 0 Å². The number of nitrogens with zero attached hydrogens (tertiary/aromatic N) is 1. The molecule has 4 nitrogen and oxygen atoms in total. The fourth-order valence-electron chi connectivity index (χ4n) is 3.26. The highest BCUT2D eigenvalue weighted by atomic mass is 32.1. The van der Waals surface area contributed by atoms with Crippen molar-refractivity contribution in [3.05, 3.63) is 72.8 Å². The van der Waals surface area contributed by atoms with Crippen LogP contribution in [0.2, 0.25) is 0 Å². The van der Waals surface area contributed by atoms with Crippen LogP contribution >= 0.6 is 11.3 Å². The summed E-state index contributed by atoms with van der Waals surface area (Å²) in [6.45, 7) is 1.55. The summed E-state index contributed by atoms with van der Waals surface area (Å²) in [5, 5.41) is 10.7. The van der Waals surface area contributed by atoms with Crippen molar-refractivity contribution in [1.82, 2.24) is 0 Å². The van der Waals surface area contributed by atoms with Crippen LogP contribution in [0, 0.1) is 0 Å². The molecule has 0 saturated heterocycles. The molecule has 0 radical (unpaired) electrons. The van der Waals surface area contributed by atoms with E-state index >= 15 is 0 Å². The molecule has 5 heteroatoms. The van der Waals surface area contributed by atoms with Gasteiger partial charge in [0.1, 0.15) is 11.5 Å². The molecule has 0 saturated carbocycles. The topological polar surface area (TPSA) is 49.8 Å². The molecule has 1 N–H and O–H groups in total. The van der Waals surface area contributed by atoms with E-state index in [1.54, 1.807) is 54.5 Å². The van der Waals surface area contributed by atoms with Crippen molar-refractivity contribution in [2.24, 2.45) is 0 Å². The summed E-state index contributed by atoms with van der Waals surface area (Å²) in [7, 11) is 1.64. The van der Waals surface area contributed by atoms with Gasteiger partial charge in [-0.1, -0.05) is 18.2 Å². The van der Waals surface area contributed by atoms with Crippen molar-refractivity contribution in [3.63, 3.8) is 0 Å². The molecule has 28 heavy (non-hydrogen) atoms. The third kappa shape index (κ3) is 3.21. The van der Waals surface area contributed by atoms with Crippen LogP contribution in [0.4, 0.5) is 11.4 Å². The molecule has 0 aliphatic rings. The molecule has 4 aromatic rings. The first-order chi connectivity index (χ1) is 13.6. The molecular formula is C23H19NO3S. The van der Waals surface area contributed by atoms with E-state index < -0.39 is 0 Å². The van der Waals surface area contributed by atoms with Crippen molar-refractivity contribution in [3.8, 4) is 21.9 Å². The quantitative estimate of drug-likeness (QED) is 0.468. The lowest BCUT2D eigenvalue weighted by molar-refractivity contribution is -0.115. The highest BCUT2D eigenvalue weighted by molar-refractivity contribution is 7.23. The van der Waals surface area contributed by atoms with Crippen LogP contribution in [0.3, 0.4) is 0 Å². The van der Waals surface area contributed by atoms with Crippen LogP contribution in [-0.4, -0.2) is 18.1 Å². The minimum atomic E-state index is -0.0935. The number of benzene rings is 3. The van der Waals surface area contributed by atoms with Gasteiger partial charge >= 0.3 is 0 Å². The molecule has 3 aromatic carbocycles. The maximum Gasteiger partial charge on any atom is 0.228 e. The van der Waals surface area contributed by atoms with E-state index in [1.165, 1.54) is 0 Å². The Labute approximate surface area is 167 Å². The molecule has 0 bridgehead atoms. The molecule has 1 amide bonds. The number of aromatic hydroxyl groups is 1. The highest BCUT2D eigenvalue weighted by Crippen LogP contribution is 2.47. The van der Waals surface area contributed by atoms with Gasteiger partial charge in [-0.3, -0.25) is 9.69 Å². The Kier molecular flexibility index (Phi) is 4.75. The Hall–Kier alpha value is -3.31. The molecule has 1 heterocycles. The number of carbonyl (C=O) groups excluding carboxylic acids is 1. The van der Waals surface area contributed by atoms with Gasteiger partial charge in [-0.2, -0.15) is 0 Å². The van der Waals surface area contributed by atoms with Gasteiger partial charge in [-0.05, 0) is 60.2 Å². The summed E-state index contributed by atoms with van der Waals surface area (Å²) in [5.74, 6) is 0.857. The van der Waals surface area contributed by atoms with Crippen molar-refractivity contribution in [1.29, 1.82) is 0 Å². The lowest BCUT2D eigenvalue weighted by atomic mass is 10.1. The first-order valence-electron chi connectivity index (χ1n) is 8.84. The largest absolute Gasteiger partial charge is 0.508 e. The van der Waals surface area contributed by atoms with Gasteiger partial charge in [-0.25, -0.2) is 0 Å². The Bertz CT molecular complexity index is 1130. The zero-order chi connectivity index (χ0) is 19.7. The zero-order valence-electron chi connectivity index (χ0n) is 15.5. The number of amides is 1. The Morgan fingerprint density at radius 2 is 1.64 bits per heavy atom. The Balaban J connectivity index is 1.97. The molecule has 4 rings (SSSR count). The van der Waals surface area contributed by atoms with Gasteiger partial charge in [0, 0.05) is 22.7 Å². The standard InChI is InChI=1S/C23H19NO3S/c1-15(25)24(17-9-11-18(26)12-10-17)22-20-5-3-4-6-21(20)28-23(22)16-7-13-19(27-2)14-8-16/h3-14,26H,1-2H3. The molecule has 0 atom stereocenters. The van der Waals surface area contributed by atoms with Crippen LogP contribution in [0.1, 0.15) is 6.92 Å². The average Bonchev–Trinajstić information content (AvgIpc) is 3.09. The Morgan fingerprint density at radius 1 is 0.964 bits per heavy atom.